The van der Waals surface area contributed by atoms with E-state index in [0.29, 0.717) is 17.9 Å². The fourth-order valence-electron chi connectivity index (χ4n) is 7.38. The summed E-state index contributed by atoms with van der Waals surface area (Å²) in [4.78, 5) is 20.1. The van der Waals surface area contributed by atoms with Crippen LogP contribution in [0.25, 0.3) is 10.9 Å². The van der Waals surface area contributed by atoms with Crippen molar-refractivity contribution < 1.29 is 14.3 Å². The molecule has 5 heteroatoms. The largest absolute Gasteiger partial charge is 0.472 e. The highest BCUT2D eigenvalue weighted by Gasteiger charge is 2.52. The number of fused-ring (bicyclic) bond motifs is 3. The van der Waals surface area contributed by atoms with Gasteiger partial charge in [-0.3, -0.25) is 4.90 Å². The molecular formula is C34H36N2O3. The first kappa shape index (κ1) is 24.5. The van der Waals surface area contributed by atoms with Crippen molar-refractivity contribution in [2.75, 3.05) is 13.1 Å². The van der Waals surface area contributed by atoms with Gasteiger partial charge in [-0.1, -0.05) is 60.7 Å². The Morgan fingerprint density at radius 3 is 2.62 bits per heavy atom. The molecule has 2 fully saturated rings. The van der Waals surface area contributed by atoms with Gasteiger partial charge in [-0.15, -0.1) is 0 Å². The zero-order chi connectivity index (χ0) is 26.4. The molecule has 1 N–H and O–H groups in total. The van der Waals surface area contributed by atoms with Crippen molar-refractivity contribution in [3.63, 3.8) is 0 Å². The second-order valence-electron chi connectivity index (χ2n) is 11.5. The lowest BCUT2D eigenvalue weighted by Crippen LogP contribution is -2.64. The summed E-state index contributed by atoms with van der Waals surface area (Å²) in [6.45, 7) is 4.22. The number of aryl methyl sites for hydroxylation is 1. The number of esters is 1. The Labute approximate surface area is 230 Å². The first-order valence-corrected chi connectivity index (χ1v) is 14.5. The van der Waals surface area contributed by atoms with Crippen LogP contribution in [-0.4, -0.2) is 34.7 Å². The number of carbonyl (C=O) groups excluding carboxylic acids is 1. The number of piperidine rings is 2. The number of ether oxygens (including phenoxy) is 2. The lowest BCUT2D eigenvalue weighted by atomic mass is 9.74. The van der Waals surface area contributed by atoms with Crippen LogP contribution in [0.4, 0.5) is 0 Å². The average Bonchev–Trinajstić information content (AvgIpc) is 3.32. The minimum Gasteiger partial charge on any atom is -0.472 e. The van der Waals surface area contributed by atoms with Gasteiger partial charge in [0.25, 0.3) is 0 Å². The lowest BCUT2D eigenvalue weighted by Gasteiger charge is -2.56. The van der Waals surface area contributed by atoms with Gasteiger partial charge in [0.1, 0.15) is 11.9 Å². The van der Waals surface area contributed by atoms with E-state index in [1.165, 1.54) is 25.7 Å². The number of rotatable bonds is 5. The van der Waals surface area contributed by atoms with E-state index < -0.39 is 0 Å². The third-order valence-corrected chi connectivity index (χ3v) is 9.21. The zero-order valence-electron chi connectivity index (χ0n) is 22.6. The Morgan fingerprint density at radius 1 is 1.03 bits per heavy atom. The maximum atomic E-state index is 14.0. The van der Waals surface area contributed by atoms with Gasteiger partial charge in [-0.2, -0.15) is 0 Å². The molecule has 5 nitrogen and oxygen atoms in total. The molecule has 7 rings (SSSR count). The molecule has 3 aromatic carbocycles. The summed E-state index contributed by atoms with van der Waals surface area (Å²) < 4.78 is 13.3. The van der Waals surface area contributed by atoms with Crippen LogP contribution in [0.5, 0.6) is 5.75 Å². The molecule has 1 aromatic heterocycles. The maximum Gasteiger partial charge on any atom is 0.341 e. The summed E-state index contributed by atoms with van der Waals surface area (Å²) in [6.07, 6.45) is 7.12. The van der Waals surface area contributed by atoms with E-state index in [-0.39, 0.29) is 17.8 Å². The van der Waals surface area contributed by atoms with Gasteiger partial charge in [0.15, 0.2) is 5.72 Å². The predicted octanol–water partition coefficient (Wildman–Crippen LogP) is 7.14. The van der Waals surface area contributed by atoms with Gasteiger partial charge >= 0.3 is 5.97 Å². The van der Waals surface area contributed by atoms with Crippen LogP contribution in [0, 0.1) is 12.8 Å². The maximum absolute atomic E-state index is 14.0. The van der Waals surface area contributed by atoms with Crippen molar-refractivity contribution in [3.8, 4) is 5.75 Å². The molecular weight excluding hydrogens is 484 g/mol. The Kier molecular flexibility index (Phi) is 6.19. The van der Waals surface area contributed by atoms with Crippen LogP contribution >= 0.6 is 0 Å². The van der Waals surface area contributed by atoms with E-state index >= 15 is 0 Å². The van der Waals surface area contributed by atoms with E-state index in [4.69, 9.17) is 9.47 Å². The first-order chi connectivity index (χ1) is 19.1. The van der Waals surface area contributed by atoms with E-state index in [0.717, 1.165) is 65.0 Å². The smallest absolute Gasteiger partial charge is 0.341 e. The number of aromatic nitrogens is 1. The molecule has 3 unspecified atom stereocenters. The van der Waals surface area contributed by atoms with Crippen LogP contribution in [0.2, 0.25) is 0 Å². The molecule has 2 saturated heterocycles. The number of nitrogens with one attached hydrogen (secondary N) is 1. The van der Waals surface area contributed by atoms with Crippen molar-refractivity contribution in [1.29, 1.82) is 0 Å². The van der Waals surface area contributed by atoms with Gasteiger partial charge < -0.3 is 14.5 Å². The number of H-pyrrole nitrogens is 1. The SMILES string of the molecule is Cc1[nH]c2ccc3c(c2c1C(=O)OC(Cc1ccccc1)c1ccccc1)CC1CCCN2CCCCC12O3. The summed E-state index contributed by atoms with van der Waals surface area (Å²) in [6, 6.07) is 24.5. The van der Waals surface area contributed by atoms with Crippen LogP contribution in [-0.2, 0) is 17.6 Å². The van der Waals surface area contributed by atoms with Crippen molar-refractivity contribution in [2.45, 2.75) is 63.7 Å². The minimum absolute atomic E-state index is 0.183. The molecule has 3 aliphatic heterocycles. The topological polar surface area (TPSA) is 54.6 Å². The number of aromatic amines is 1. The molecule has 4 heterocycles. The quantitative estimate of drug-likeness (QED) is 0.284. The third kappa shape index (κ3) is 4.24. The molecule has 0 radical (unpaired) electrons. The first-order valence-electron chi connectivity index (χ1n) is 14.5. The summed E-state index contributed by atoms with van der Waals surface area (Å²) in [5.74, 6) is 1.10. The molecule has 0 bridgehead atoms. The standard InChI is InChI=1S/C34H36N2O3/c1-23-31(33(37)38-30(25-13-6-3-7-14-25)21-24-11-4-2-5-12-24)32-27-22-26-15-10-20-36-19-9-8-18-34(26,36)39-29(27)17-16-28(32)35-23/h2-7,11-14,16-17,26,30,35H,8-10,15,18-22H2,1H3. The second-order valence-corrected chi connectivity index (χ2v) is 11.5. The number of hydrogen-bond donors (Lipinski definition) is 1. The summed E-state index contributed by atoms with van der Waals surface area (Å²) in [5.41, 5.74) is 5.58. The number of hydrogen-bond acceptors (Lipinski definition) is 4. The van der Waals surface area contributed by atoms with E-state index in [9.17, 15) is 4.79 Å². The van der Waals surface area contributed by atoms with Gasteiger partial charge in [-0.25, -0.2) is 4.79 Å². The van der Waals surface area contributed by atoms with Gasteiger partial charge in [0.05, 0.1) is 5.56 Å². The fourth-order valence-corrected chi connectivity index (χ4v) is 7.38. The third-order valence-electron chi connectivity index (χ3n) is 9.21. The van der Waals surface area contributed by atoms with Crippen LogP contribution in [0.15, 0.2) is 72.8 Å². The summed E-state index contributed by atoms with van der Waals surface area (Å²) >= 11 is 0. The molecule has 0 saturated carbocycles. The van der Waals surface area contributed by atoms with Crippen molar-refractivity contribution in [2.24, 2.45) is 5.92 Å². The number of carbonyl (C=O) groups is 1. The zero-order valence-corrected chi connectivity index (χ0v) is 22.6. The van der Waals surface area contributed by atoms with Crippen LogP contribution < -0.4 is 4.74 Å². The van der Waals surface area contributed by atoms with Crippen molar-refractivity contribution in [1.82, 2.24) is 9.88 Å². The van der Waals surface area contributed by atoms with Crippen molar-refractivity contribution in [3.05, 3.63) is 101 Å². The molecule has 4 aromatic rings. The summed E-state index contributed by atoms with van der Waals surface area (Å²) in [7, 11) is 0. The molecule has 1 spiro atoms. The Balaban J connectivity index is 1.26. The second kappa shape index (κ2) is 9.87. The lowest BCUT2D eigenvalue weighted by molar-refractivity contribution is -0.177. The molecule has 200 valence electrons. The van der Waals surface area contributed by atoms with Crippen molar-refractivity contribution >= 4 is 16.9 Å². The fraction of sp³-hybridized carbons (Fsp3) is 0.382. The molecule has 39 heavy (non-hydrogen) atoms. The normalized spacial score (nSPS) is 23.3. The molecule has 3 atom stereocenters. The average molecular weight is 521 g/mol. The number of nitrogens with zero attached hydrogens (tertiary/aromatic N) is 1. The predicted molar refractivity (Wildman–Crippen MR) is 153 cm³/mol. The summed E-state index contributed by atoms with van der Waals surface area (Å²) in [5, 5.41) is 0.976. The van der Waals surface area contributed by atoms with E-state index in [1.54, 1.807) is 0 Å². The van der Waals surface area contributed by atoms with Crippen LogP contribution in [0.3, 0.4) is 0 Å². The van der Waals surface area contributed by atoms with E-state index in [1.807, 2.05) is 55.5 Å². The highest BCUT2D eigenvalue weighted by molar-refractivity contribution is 6.07. The Morgan fingerprint density at radius 2 is 1.79 bits per heavy atom. The number of benzene rings is 3. The van der Waals surface area contributed by atoms with Gasteiger partial charge in [0.2, 0.25) is 0 Å². The Bertz CT molecular complexity index is 1490. The van der Waals surface area contributed by atoms with E-state index in [2.05, 4.69) is 34.1 Å². The Hall–Kier alpha value is -3.57. The molecule has 0 aliphatic carbocycles. The molecule has 3 aliphatic rings. The monoisotopic (exact) mass is 520 g/mol. The highest BCUT2D eigenvalue weighted by Crippen LogP contribution is 2.50. The van der Waals surface area contributed by atoms with Gasteiger partial charge in [0, 0.05) is 54.0 Å². The van der Waals surface area contributed by atoms with Crippen LogP contribution in [0.1, 0.15) is 71.0 Å². The van der Waals surface area contributed by atoms with Gasteiger partial charge in [-0.05, 0) is 62.3 Å². The minimum atomic E-state index is -0.376. The highest BCUT2D eigenvalue weighted by atomic mass is 16.5. The molecule has 0 amide bonds.